The Morgan fingerprint density at radius 2 is 1.77 bits per heavy atom. The van der Waals surface area contributed by atoms with E-state index in [1.165, 1.54) is 37.7 Å². The molecule has 1 aromatic rings. The van der Waals surface area contributed by atoms with E-state index in [2.05, 4.69) is 59.8 Å². The van der Waals surface area contributed by atoms with Gasteiger partial charge in [0.05, 0.1) is 6.10 Å². The lowest BCUT2D eigenvalue weighted by Crippen LogP contribution is -2.68. The number of fused-ring (bicyclic) bond motifs is 1. The third-order valence-electron chi connectivity index (χ3n) is 6.96. The Labute approximate surface area is 157 Å². The summed E-state index contributed by atoms with van der Waals surface area (Å²) in [5.74, 6) is 2.32. The molecule has 0 bridgehead atoms. The van der Waals surface area contributed by atoms with Crippen molar-refractivity contribution in [3.05, 3.63) is 35.9 Å². The van der Waals surface area contributed by atoms with Gasteiger partial charge in [0.15, 0.2) is 5.96 Å². The standard InChI is InChI=1S/C22H33N3O/c1-22(2)19(18-13-14-26-20(18)22)25-21(23-3)24-17-11-9-16(10-12-17)15-7-5-4-6-8-15/h4-8,16-20H,9-14H2,1-3H3,(H2,23,24,25). The van der Waals surface area contributed by atoms with E-state index in [1.807, 2.05) is 7.05 Å². The van der Waals surface area contributed by atoms with Gasteiger partial charge in [-0.1, -0.05) is 44.2 Å². The summed E-state index contributed by atoms with van der Waals surface area (Å²) in [4.78, 5) is 4.51. The fraction of sp³-hybridized carbons (Fsp3) is 0.682. The summed E-state index contributed by atoms with van der Waals surface area (Å²) in [5, 5.41) is 7.41. The number of hydrogen-bond donors (Lipinski definition) is 2. The van der Waals surface area contributed by atoms with Crippen molar-refractivity contribution in [1.29, 1.82) is 0 Å². The van der Waals surface area contributed by atoms with Gasteiger partial charge in [-0.3, -0.25) is 4.99 Å². The first-order chi connectivity index (χ1) is 12.6. The highest BCUT2D eigenvalue weighted by Gasteiger charge is 2.59. The van der Waals surface area contributed by atoms with Crippen LogP contribution in [0.5, 0.6) is 0 Å². The molecule has 2 N–H and O–H groups in total. The summed E-state index contributed by atoms with van der Waals surface area (Å²) in [5.41, 5.74) is 1.68. The molecule has 1 heterocycles. The van der Waals surface area contributed by atoms with Crippen LogP contribution in [-0.2, 0) is 4.74 Å². The zero-order chi connectivity index (χ0) is 18.1. The van der Waals surface area contributed by atoms with Crippen molar-refractivity contribution in [3.63, 3.8) is 0 Å². The van der Waals surface area contributed by atoms with E-state index in [4.69, 9.17) is 4.74 Å². The van der Waals surface area contributed by atoms with Gasteiger partial charge in [0.1, 0.15) is 0 Å². The molecule has 4 nitrogen and oxygen atoms in total. The van der Waals surface area contributed by atoms with E-state index in [0.717, 1.165) is 12.6 Å². The number of rotatable bonds is 3. The molecule has 0 spiro atoms. The Balaban J connectivity index is 1.30. The van der Waals surface area contributed by atoms with Crippen LogP contribution in [0.4, 0.5) is 0 Å². The minimum Gasteiger partial charge on any atom is -0.377 e. The van der Waals surface area contributed by atoms with Crippen LogP contribution in [0.2, 0.25) is 0 Å². The van der Waals surface area contributed by atoms with Crippen LogP contribution in [0.1, 0.15) is 57.4 Å². The van der Waals surface area contributed by atoms with Gasteiger partial charge in [-0.25, -0.2) is 0 Å². The third-order valence-corrected chi connectivity index (χ3v) is 6.96. The molecule has 0 amide bonds. The molecule has 3 fully saturated rings. The first-order valence-corrected chi connectivity index (χ1v) is 10.3. The molecule has 0 radical (unpaired) electrons. The van der Waals surface area contributed by atoms with Crippen molar-refractivity contribution in [2.45, 2.75) is 70.1 Å². The molecule has 2 aliphatic carbocycles. The van der Waals surface area contributed by atoms with E-state index in [-0.39, 0.29) is 5.41 Å². The van der Waals surface area contributed by atoms with Crippen LogP contribution in [-0.4, -0.2) is 37.8 Å². The molecular formula is C22H33N3O. The van der Waals surface area contributed by atoms with Crippen molar-refractivity contribution in [1.82, 2.24) is 10.6 Å². The van der Waals surface area contributed by atoms with Crippen molar-refractivity contribution >= 4 is 5.96 Å². The number of benzene rings is 1. The Morgan fingerprint density at radius 1 is 1.04 bits per heavy atom. The molecule has 3 aliphatic rings. The molecule has 0 aromatic heterocycles. The van der Waals surface area contributed by atoms with Crippen LogP contribution < -0.4 is 10.6 Å². The highest BCUT2D eigenvalue weighted by atomic mass is 16.5. The Hall–Kier alpha value is -1.55. The topological polar surface area (TPSA) is 45.7 Å². The second-order valence-corrected chi connectivity index (χ2v) is 8.86. The quantitative estimate of drug-likeness (QED) is 0.642. The largest absolute Gasteiger partial charge is 0.377 e. The van der Waals surface area contributed by atoms with Crippen molar-refractivity contribution < 1.29 is 4.74 Å². The Bertz CT molecular complexity index is 634. The van der Waals surface area contributed by atoms with E-state index >= 15 is 0 Å². The molecule has 4 heteroatoms. The second kappa shape index (κ2) is 7.22. The molecule has 142 valence electrons. The van der Waals surface area contributed by atoms with Crippen molar-refractivity contribution in [2.24, 2.45) is 16.3 Å². The second-order valence-electron chi connectivity index (χ2n) is 8.86. The fourth-order valence-corrected chi connectivity index (χ4v) is 5.42. The van der Waals surface area contributed by atoms with Gasteiger partial charge in [0.2, 0.25) is 0 Å². The van der Waals surface area contributed by atoms with Gasteiger partial charge in [-0.2, -0.15) is 0 Å². The van der Waals surface area contributed by atoms with Gasteiger partial charge in [0.25, 0.3) is 0 Å². The summed E-state index contributed by atoms with van der Waals surface area (Å²) in [6.45, 7) is 5.54. The summed E-state index contributed by atoms with van der Waals surface area (Å²) in [6.07, 6.45) is 6.52. The van der Waals surface area contributed by atoms with Crippen molar-refractivity contribution in [2.75, 3.05) is 13.7 Å². The highest BCUT2D eigenvalue weighted by Crippen LogP contribution is 2.52. The highest BCUT2D eigenvalue weighted by molar-refractivity contribution is 5.80. The molecule has 1 aromatic carbocycles. The molecule has 4 rings (SSSR count). The lowest BCUT2D eigenvalue weighted by atomic mass is 9.57. The van der Waals surface area contributed by atoms with Gasteiger partial charge in [-0.15, -0.1) is 0 Å². The van der Waals surface area contributed by atoms with E-state index in [9.17, 15) is 0 Å². The number of ether oxygens (including phenoxy) is 1. The zero-order valence-corrected chi connectivity index (χ0v) is 16.4. The smallest absolute Gasteiger partial charge is 0.191 e. The van der Waals surface area contributed by atoms with Crippen LogP contribution in [0.15, 0.2) is 35.3 Å². The van der Waals surface area contributed by atoms with Gasteiger partial charge >= 0.3 is 0 Å². The average molecular weight is 356 g/mol. The van der Waals surface area contributed by atoms with E-state index in [1.54, 1.807) is 0 Å². The normalized spacial score (nSPS) is 36.1. The summed E-state index contributed by atoms with van der Waals surface area (Å²) in [7, 11) is 1.89. The van der Waals surface area contributed by atoms with Crippen molar-refractivity contribution in [3.8, 4) is 0 Å². The first-order valence-electron chi connectivity index (χ1n) is 10.3. The molecule has 26 heavy (non-hydrogen) atoms. The zero-order valence-electron chi connectivity index (χ0n) is 16.4. The number of guanidine groups is 1. The summed E-state index contributed by atoms with van der Waals surface area (Å²) < 4.78 is 5.92. The number of aliphatic imine (C=N–C) groups is 1. The minimum absolute atomic E-state index is 0.184. The lowest BCUT2D eigenvalue weighted by molar-refractivity contribution is -0.106. The van der Waals surface area contributed by atoms with E-state index < -0.39 is 0 Å². The third kappa shape index (κ3) is 3.24. The minimum atomic E-state index is 0.184. The molecule has 3 unspecified atom stereocenters. The van der Waals surface area contributed by atoms with Crippen LogP contribution in [0, 0.1) is 11.3 Å². The maximum atomic E-state index is 5.92. The molecule has 2 saturated carbocycles. The number of nitrogens with zero attached hydrogens (tertiary/aromatic N) is 1. The predicted octanol–water partition coefficient (Wildman–Crippen LogP) is 3.69. The van der Waals surface area contributed by atoms with Gasteiger partial charge in [-0.05, 0) is 43.6 Å². The molecule has 3 atom stereocenters. The van der Waals surface area contributed by atoms with Crippen LogP contribution in [0.3, 0.4) is 0 Å². The number of hydrogen-bond acceptors (Lipinski definition) is 2. The molecule has 1 saturated heterocycles. The fourth-order valence-electron chi connectivity index (χ4n) is 5.42. The lowest BCUT2D eigenvalue weighted by Gasteiger charge is -2.55. The number of nitrogens with one attached hydrogen (secondary N) is 2. The summed E-state index contributed by atoms with van der Waals surface area (Å²) in [6, 6.07) is 12.0. The molecular weight excluding hydrogens is 322 g/mol. The maximum absolute atomic E-state index is 5.92. The molecule has 1 aliphatic heterocycles. The van der Waals surface area contributed by atoms with E-state index in [0.29, 0.717) is 30.0 Å². The Morgan fingerprint density at radius 3 is 2.46 bits per heavy atom. The van der Waals surface area contributed by atoms with Gasteiger partial charge < -0.3 is 15.4 Å². The maximum Gasteiger partial charge on any atom is 0.191 e. The predicted molar refractivity (Wildman–Crippen MR) is 106 cm³/mol. The van der Waals surface area contributed by atoms with Gasteiger partial charge in [0, 0.05) is 37.1 Å². The van der Waals surface area contributed by atoms with Crippen LogP contribution in [0.25, 0.3) is 0 Å². The van der Waals surface area contributed by atoms with Crippen LogP contribution >= 0.6 is 0 Å². The summed E-state index contributed by atoms with van der Waals surface area (Å²) >= 11 is 0. The average Bonchev–Trinajstić information content (AvgIpc) is 3.13. The Kier molecular flexibility index (Phi) is 4.96. The first kappa shape index (κ1) is 17.8. The SMILES string of the molecule is CN=C(NC1CCC(c2ccccc2)CC1)NC1C2CCOC2C1(C)C. The monoisotopic (exact) mass is 355 g/mol.